The highest BCUT2D eigenvalue weighted by molar-refractivity contribution is 9.10. The van der Waals surface area contributed by atoms with Crippen LogP contribution in [0.5, 0.6) is 0 Å². The molecule has 0 radical (unpaired) electrons. The van der Waals surface area contributed by atoms with E-state index in [2.05, 4.69) is 75.1 Å². The highest BCUT2D eigenvalue weighted by Crippen LogP contribution is 2.49. The summed E-state index contributed by atoms with van der Waals surface area (Å²) in [5.74, 6) is 0. The summed E-state index contributed by atoms with van der Waals surface area (Å²) in [5.41, 5.74) is 5.50. The Bertz CT molecular complexity index is 862. The van der Waals surface area contributed by atoms with Crippen LogP contribution in [0.25, 0.3) is 0 Å². The average molecular weight is 514 g/mol. The molecule has 2 heterocycles. The van der Waals surface area contributed by atoms with Crippen molar-refractivity contribution in [1.82, 2.24) is 4.90 Å². The molecule has 0 unspecified atom stereocenters. The third kappa shape index (κ3) is 4.40. The van der Waals surface area contributed by atoms with Crippen LogP contribution in [0.1, 0.15) is 42.4 Å². The first-order valence-electron chi connectivity index (χ1n) is 10.6. The molecule has 30 heavy (non-hydrogen) atoms. The second-order valence-electron chi connectivity index (χ2n) is 8.64. The molecule has 2 aromatic carbocycles. The number of ether oxygens (including phenoxy) is 1. The molecular weight excluding hydrogens is 483 g/mol. The maximum atomic E-state index is 6.40. The summed E-state index contributed by atoms with van der Waals surface area (Å²) in [6, 6.07) is 16.2. The van der Waals surface area contributed by atoms with Gasteiger partial charge in [0.1, 0.15) is 0 Å². The van der Waals surface area contributed by atoms with Gasteiger partial charge in [-0.1, -0.05) is 40.2 Å². The summed E-state index contributed by atoms with van der Waals surface area (Å²) in [4.78, 5) is 5.28. The predicted molar refractivity (Wildman–Crippen MR) is 132 cm³/mol. The molecule has 5 rings (SSSR count). The fourth-order valence-corrected chi connectivity index (χ4v) is 5.92. The second kappa shape index (κ2) is 9.79. The molecule has 2 fully saturated rings. The van der Waals surface area contributed by atoms with E-state index >= 15 is 0 Å². The summed E-state index contributed by atoms with van der Waals surface area (Å²) >= 11 is 3.71. The van der Waals surface area contributed by atoms with E-state index in [1.807, 2.05) is 0 Å². The van der Waals surface area contributed by atoms with E-state index in [1.54, 1.807) is 0 Å². The number of hydrogen-bond donors (Lipinski definition) is 0. The molecule has 3 aliphatic rings. The highest BCUT2D eigenvalue weighted by Gasteiger charge is 2.44. The third-order valence-electron chi connectivity index (χ3n) is 7.06. The zero-order valence-corrected chi connectivity index (χ0v) is 20.7. The molecule has 0 atom stereocenters. The van der Waals surface area contributed by atoms with Gasteiger partial charge in [-0.15, -0.1) is 24.8 Å². The van der Waals surface area contributed by atoms with Crippen LogP contribution in [0, 0.1) is 6.92 Å². The van der Waals surface area contributed by atoms with Crippen molar-refractivity contribution in [2.24, 2.45) is 0 Å². The minimum atomic E-state index is -0.0288. The van der Waals surface area contributed by atoms with Crippen LogP contribution in [-0.2, 0) is 16.9 Å². The van der Waals surface area contributed by atoms with E-state index in [4.69, 9.17) is 4.74 Å². The molecule has 2 aromatic rings. The first-order chi connectivity index (χ1) is 13.6. The van der Waals surface area contributed by atoms with E-state index in [0.29, 0.717) is 6.04 Å². The lowest BCUT2D eigenvalue weighted by molar-refractivity contribution is -0.0777. The first-order valence-corrected chi connectivity index (χ1v) is 11.4. The van der Waals surface area contributed by atoms with E-state index in [-0.39, 0.29) is 30.4 Å². The molecule has 0 bridgehead atoms. The number of fused-ring (bicyclic) bond motifs is 2. The Morgan fingerprint density at radius 1 is 0.967 bits per heavy atom. The van der Waals surface area contributed by atoms with Crippen LogP contribution in [0.4, 0.5) is 5.69 Å². The topological polar surface area (TPSA) is 15.7 Å². The zero-order chi connectivity index (χ0) is 19.1. The third-order valence-corrected chi connectivity index (χ3v) is 7.81. The number of nitrogens with zero attached hydrogens (tertiary/aromatic N) is 2. The summed E-state index contributed by atoms with van der Waals surface area (Å²) < 4.78 is 7.60. The van der Waals surface area contributed by atoms with Gasteiger partial charge in [0.2, 0.25) is 0 Å². The van der Waals surface area contributed by atoms with E-state index in [0.717, 1.165) is 32.5 Å². The molecule has 1 aliphatic carbocycles. The van der Waals surface area contributed by atoms with Crippen molar-refractivity contribution >= 4 is 46.4 Å². The van der Waals surface area contributed by atoms with Crippen LogP contribution < -0.4 is 4.90 Å². The van der Waals surface area contributed by atoms with Crippen molar-refractivity contribution in [3.63, 3.8) is 0 Å². The maximum Gasteiger partial charge on any atom is 0.0940 e. The number of aryl methyl sites for hydroxylation is 1. The summed E-state index contributed by atoms with van der Waals surface area (Å²) in [6.07, 6.45) is 4.80. The first kappa shape index (κ1) is 23.9. The van der Waals surface area contributed by atoms with Gasteiger partial charge < -0.3 is 9.64 Å². The van der Waals surface area contributed by atoms with Crippen LogP contribution in [0.2, 0.25) is 0 Å². The van der Waals surface area contributed by atoms with Gasteiger partial charge in [-0.05, 0) is 67.5 Å². The Hall–Kier alpha value is -0.780. The smallest absolute Gasteiger partial charge is 0.0940 e. The number of piperazine rings is 1. The Labute approximate surface area is 201 Å². The van der Waals surface area contributed by atoms with Gasteiger partial charge in [0.25, 0.3) is 0 Å². The van der Waals surface area contributed by atoms with E-state index in [1.165, 1.54) is 52.8 Å². The second-order valence-corrected chi connectivity index (χ2v) is 9.50. The molecule has 6 heteroatoms. The van der Waals surface area contributed by atoms with Gasteiger partial charge >= 0.3 is 0 Å². The maximum absolute atomic E-state index is 6.40. The molecule has 0 N–H and O–H groups in total. The monoisotopic (exact) mass is 512 g/mol. The normalized spacial score (nSPS) is 26.1. The molecular formula is C24H31BrCl2N2O. The Morgan fingerprint density at radius 3 is 2.37 bits per heavy atom. The van der Waals surface area contributed by atoms with Crippen molar-refractivity contribution in [3.8, 4) is 0 Å². The molecule has 164 valence electrons. The summed E-state index contributed by atoms with van der Waals surface area (Å²) in [7, 11) is 0. The lowest BCUT2D eigenvalue weighted by Crippen LogP contribution is -2.52. The molecule has 1 saturated carbocycles. The Balaban J connectivity index is 0.00000128. The number of benzene rings is 2. The number of halogens is 3. The number of anilines is 1. The fourth-order valence-electron chi connectivity index (χ4n) is 5.44. The number of hydrogen-bond acceptors (Lipinski definition) is 3. The van der Waals surface area contributed by atoms with Crippen molar-refractivity contribution in [3.05, 3.63) is 63.6 Å². The SMILES string of the molecule is Cc1cccc(N2CCN([C@H]3CC[C@@]4(CC3)OCc3c(Br)cccc34)CC2)c1.Cl.Cl. The molecule has 1 spiro atoms. The van der Waals surface area contributed by atoms with Crippen molar-refractivity contribution in [1.29, 1.82) is 0 Å². The minimum Gasteiger partial charge on any atom is -0.369 e. The zero-order valence-electron chi connectivity index (χ0n) is 17.5. The minimum absolute atomic E-state index is 0. The van der Waals surface area contributed by atoms with Gasteiger partial charge in [-0.3, -0.25) is 4.90 Å². The lowest BCUT2D eigenvalue weighted by Gasteiger charge is -2.45. The Kier molecular flexibility index (Phi) is 7.79. The average Bonchev–Trinajstić information content (AvgIpc) is 3.08. The van der Waals surface area contributed by atoms with Gasteiger partial charge in [0, 0.05) is 42.4 Å². The molecule has 1 saturated heterocycles. The number of rotatable bonds is 2. The van der Waals surface area contributed by atoms with Crippen LogP contribution >= 0.6 is 40.7 Å². The van der Waals surface area contributed by atoms with Gasteiger partial charge in [0.15, 0.2) is 0 Å². The summed E-state index contributed by atoms with van der Waals surface area (Å²) in [5, 5.41) is 0. The molecule has 0 amide bonds. The van der Waals surface area contributed by atoms with Crippen molar-refractivity contribution in [2.45, 2.75) is 50.9 Å². The summed E-state index contributed by atoms with van der Waals surface area (Å²) in [6.45, 7) is 7.56. The van der Waals surface area contributed by atoms with Gasteiger partial charge in [0.05, 0.1) is 12.2 Å². The van der Waals surface area contributed by atoms with Gasteiger partial charge in [-0.25, -0.2) is 0 Å². The molecule has 0 aromatic heterocycles. The largest absolute Gasteiger partial charge is 0.369 e. The lowest BCUT2D eigenvalue weighted by atomic mass is 9.77. The highest BCUT2D eigenvalue weighted by atomic mass is 79.9. The van der Waals surface area contributed by atoms with E-state index in [9.17, 15) is 0 Å². The molecule has 2 aliphatic heterocycles. The quantitative estimate of drug-likeness (QED) is 0.483. The fraction of sp³-hybridized carbons (Fsp3) is 0.500. The molecule has 3 nitrogen and oxygen atoms in total. The standard InChI is InChI=1S/C24H29BrN2O.2ClH/c1-18-4-2-5-20(16-18)27-14-12-26(13-15-27)19-8-10-24(11-9-19)22-6-3-7-23(25)21(22)17-28-24;;/h2-7,16,19H,8-15,17H2,1H3;2*1H/t19-,24-;;. The van der Waals surface area contributed by atoms with Crippen molar-refractivity contribution < 1.29 is 4.74 Å². The van der Waals surface area contributed by atoms with Crippen LogP contribution in [0.15, 0.2) is 46.9 Å². The van der Waals surface area contributed by atoms with Gasteiger partial charge in [-0.2, -0.15) is 0 Å². The predicted octanol–water partition coefficient (Wildman–Crippen LogP) is 6.09. The Morgan fingerprint density at radius 2 is 1.67 bits per heavy atom. The van der Waals surface area contributed by atoms with E-state index < -0.39 is 0 Å². The van der Waals surface area contributed by atoms with Crippen molar-refractivity contribution in [2.75, 3.05) is 31.1 Å². The van der Waals surface area contributed by atoms with Crippen LogP contribution in [-0.4, -0.2) is 37.1 Å². The van der Waals surface area contributed by atoms with Crippen LogP contribution in [0.3, 0.4) is 0 Å².